The fourth-order valence-electron chi connectivity index (χ4n) is 2.49. The van der Waals surface area contributed by atoms with Gasteiger partial charge < -0.3 is 10.6 Å². The molecule has 1 heterocycles. The summed E-state index contributed by atoms with van der Waals surface area (Å²) in [5.41, 5.74) is 6.89. The Bertz CT molecular complexity index is 557. The quantitative estimate of drug-likeness (QED) is 0.807. The molecule has 1 aromatic rings. The molecule has 1 unspecified atom stereocenters. The molecule has 1 saturated heterocycles. The van der Waals surface area contributed by atoms with Gasteiger partial charge in [0.2, 0.25) is 10.0 Å². The number of benzene rings is 1. The van der Waals surface area contributed by atoms with Crippen LogP contribution in [0.3, 0.4) is 0 Å². The number of hydrogen-bond donors (Lipinski definition) is 2. The van der Waals surface area contributed by atoms with Crippen LogP contribution < -0.4 is 10.5 Å². The van der Waals surface area contributed by atoms with Gasteiger partial charge in [0.1, 0.15) is 0 Å². The summed E-state index contributed by atoms with van der Waals surface area (Å²) in [6.45, 7) is 3.25. The van der Waals surface area contributed by atoms with E-state index in [9.17, 15) is 8.42 Å². The molecule has 0 saturated carbocycles. The maximum absolute atomic E-state index is 12.3. The predicted molar refractivity (Wildman–Crippen MR) is 76.4 cm³/mol. The normalized spacial score (nSPS) is 20.8. The van der Waals surface area contributed by atoms with Crippen molar-refractivity contribution in [1.29, 1.82) is 0 Å². The number of sulfonamides is 1. The number of likely N-dealkylation sites (tertiary alicyclic amines) is 1. The van der Waals surface area contributed by atoms with Crippen molar-refractivity contribution >= 4 is 15.7 Å². The van der Waals surface area contributed by atoms with Gasteiger partial charge in [-0.15, -0.1) is 0 Å². The summed E-state index contributed by atoms with van der Waals surface area (Å²) < 4.78 is 27.2. The number of rotatable bonds is 4. The lowest BCUT2D eigenvalue weighted by Gasteiger charge is -2.20. The Morgan fingerprint density at radius 2 is 2.21 bits per heavy atom. The molecule has 0 spiro atoms. The van der Waals surface area contributed by atoms with E-state index < -0.39 is 10.0 Å². The molecule has 1 aliphatic rings. The van der Waals surface area contributed by atoms with E-state index in [1.807, 2.05) is 7.05 Å². The average Bonchev–Trinajstić information content (AvgIpc) is 2.72. The van der Waals surface area contributed by atoms with Crippen LogP contribution in [-0.2, 0) is 10.0 Å². The maximum atomic E-state index is 12.3. The van der Waals surface area contributed by atoms with Crippen molar-refractivity contribution in [2.75, 3.05) is 25.9 Å². The van der Waals surface area contributed by atoms with Crippen molar-refractivity contribution in [3.05, 3.63) is 23.8 Å². The van der Waals surface area contributed by atoms with Gasteiger partial charge in [-0.05, 0) is 57.1 Å². The van der Waals surface area contributed by atoms with Crippen molar-refractivity contribution in [2.45, 2.75) is 30.7 Å². The lowest BCUT2D eigenvalue weighted by Crippen LogP contribution is -2.38. The molecule has 2 rings (SSSR count). The minimum atomic E-state index is -3.45. The fraction of sp³-hybridized carbons (Fsp3) is 0.538. The lowest BCUT2D eigenvalue weighted by molar-refractivity contribution is 0.311. The van der Waals surface area contributed by atoms with Crippen molar-refractivity contribution in [1.82, 2.24) is 9.62 Å². The van der Waals surface area contributed by atoms with Gasteiger partial charge in [0.15, 0.2) is 0 Å². The largest absolute Gasteiger partial charge is 0.399 e. The molecule has 0 aromatic heterocycles. The zero-order valence-corrected chi connectivity index (χ0v) is 12.2. The van der Waals surface area contributed by atoms with E-state index in [0.717, 1.165) is 19.4 Å². The van der Waals surface area contributed by atoms with Crippen LogP contribution in [-0.4, -0.2) is 39.5 Å². The summed E-state index contributed by atoms with van der Waals surface area (Å²) in [5.74, 6) is 0. The van der Waals surface area contributed by atoms with E-state index in [-0.39, 0.29) is 0 Å². The second kappa shape index (κ2) is 5.48. The molecule has 0 bridgehead atoms. The van der Waals surface area contributed by atoms with E-state index in [1.54, 1.807) is 25.1 Å². The Morgan fingerprint density at radius 3 is 2.79 bits per heavy atom. The zero-order chi connectivity index (χ0) is 14.0. The second-order valence-corrected chi connectivity index (χ2v) is 6.89. The molecule has 1 fully saturated rings. The Kier molecular flexibility index (Phi) is 4.13. The third-order valence-electron chi connectivity index (χ3n) is 3.67. The molecule has 6 heteroatoms. The molecule has 1 aliphatic heterocycles. The van der Waals surface area contributed by atoms with Crippen molar-refractivity contribution in [3.8, 4) is 0 Å². The monoisotopic (exact) mass is 283 g/mol. The average molecular weight is 283 g/mol. The molecular weight excluding hydrogens is 262 g/mol. The first-order valence-corrected chi connectivity index (χ1v) is 7.94. The SMILES string of the molecule is Cc1cc(N)ccc1S(=O)(=O)NCC1CCCN1C. The number of nitrogens with one attached hydrogen (secondary N) is 1. The van der Waals surface area contributed by atoms with Crippen molar-refractivity contribution < 1.29 is 8.42 Å². The van der Waals surface area contributed by atoms with E-state index in [0.29, 0.717) is 28.7 Å². The molecular formula is C13H21N3O2S. The van der Waals surface area contributed by atoms with E-state index in [2.05, 4.69) is 9.62 Å². The van der Waals surface area contributed by atoms with Crippen LogP contribution in [0.25, 0.3) is 0 Å². The van der Waals surface area contributed by atoms with Gasteiger partial charge in [0.05, 0.1) is 4.90 Å². The topological polar surface area (TPSA) is 75.4 Å². The number of nitrogen functional groups attached to an aromatic ring is 1. The third kappa shape index (κ3) is 3.26. The van der Waals surface area contributed by atoms with Gasteiger partial charge in [0.25, 0.3) is 0 Å². The number of aryl methyl sites for hydroxylation is 1. The van der Waals surface area contributed by atoms with Crippen LogP contribution in [0, 0.1) is 6.92 Å². The highest BCUT2D eigenvalue weighted by Crippen LogP contribution is 2.19. The van der Waals surface area contributed by atoms with Crippen LogP contribution in [0.1, 0.15) is 18.4 Å². The number of likely N-dealkylation sites (N-methyl/N-ethyl adjacent to an activating group) is 1. The van der Waals surface area contributed by atoms with E-state index in [4.69, 9.17) is 5.73 Å². The van der Waals surface area contributed by atoms with E-state index in [1.165, 1.54) is 0 Å². The molecule has 0 amide bonds. The summed E-state index contributed by atoms with van der Waals surface area (Å²) in [7, 11) is -1.42. The highest BCUT2D eigenvalue weighted by molar-refractivity contribution is 7.89. The minimum absolute atomic E-state index is 0.295. The summed E-state index contributed by atoms with van der Waals surface area (Å²) >= 11 is 0. The number of anilines is 1. The maximum Gasteiger partial charge on any atom is 0.240 e. The van der Waals surface area contributed by atoms with Crippen LogP contribution in [0.5, 0.6) is 0 Å². The first-order valence-electron chi connectivity index (χ1n) is 6.46. The van der Waals surface area contributed by atoms with Crippen LogP contribution >= 0.6 is 0 Å². The molecule has 106 valence electrons. The standard InChI is InChI=1S/C13H21N3O2S/c1-10-8-11(14)5-6-13(10)19(17,18)15-9-12-4-3-7-16(12)2/h5-6,8,12,15H,3-4,7,9,14H2,1-2H3. The van der Waals surface area contributed by atoms with Gasteiger partial charge in [0, 0.05) is 18.3 Å². The van der Waals surface area contributed by atoms with Gasteiger partial charge in [-0.1, -0.05) is 0 Å². The van der Waals surface area contributed by atoms with Gasteiger partial charge >= 0.3 is 0 Å². The van der Waals surface area contributed by atoms with Crippen molar-refractivity contribution in [3.63, 3.8) is 0 Å². The summed E-state index contributed by atoms with van der Waals surface area (Å²) in [5, 5.41) is 0. The van der Waals surface area contributed by atoms with Crippen LogP contribution in [0.15, 0.2) is 23.1 Å². The van der Waals surface area contributed by atoms with Gasteiger partial charge in [-0.2, -0.15) is 0 Å². The van der Waals surface area contributed by atoms with Gasteiger partial charge in [-0.25, -0.2) is 13.1 Å². The van der Waals surface area contributed by atoms with E-state index >= 15 is 0 Å². The third-order valence-corrected chi connectivity index (χ3v) is 5.25. The molecule has 19 heavy (non-hydrogen) atoms. The summed E-state index contributed by atoms with van der Waals surface area (Å²) in [6.07, 6.45) is 2.17. The first-order chi connectivity index (χ1) is 8.90. The summed E-state index contributed by atoms with van der Waals surface area (Å²) in [6, 6.07) is 5.15. The highest BCUT2D eigenvalue weighted by Gasteiger charge is 2.24. The minimum Gasteiger partial charge on any atom is -0.399 e. The van der Waals surface area contributed by atoms with Crippen molar-refractivity contribution in [2.24, 2.45) is 0 Å². The van der Waals surface area contributed by atoms with Crippen LogP contribution in [0.2, 0.25) is 0 Å². The predicted octanol–water partition coefficient (Wildman–Crippen LogP) is 0.950. The number of nitrogens with zero attached hydrogens (tertiary/aromatic N) is 1. The molecule has 1 aromatic carbocycles. The Morgan fingerprint density at radius 1 is 1.47 bits per heavy atom. The zero-order valence-electron chi connectivity index (χ0n) is 11.4. The highest BCUT2D eigenvalue weighted by atomic mass is 32.2. The number of nitrogens with two attached hydrogens (primary N) is 1. The Balaban J connectivity index is 2.09. The first kappa shape index (κ1) is 14.3. The molecule has 0 aliphatic carbocycles. The molecule has 0 radical (unpaired) electrons. The Labute approximate surface area is 114 Å². The van der Waals surface area contributed by atoms with Crippen LogP contribution in [0.4, 0.5) is 5.69 Å². The smallest absolute Gasteiger partial charge is 0.240 e. The second-order valence-electron chi connectivity index (χ2n) is 5.15. The summed E-state index contributed by atoms with van der Waals surface area (Å²) in [4.78, 5) is 2.50. The molecule has 5 nitrogen and oxygen atoms in total. The Hall–Kier alpha value is -1.11. The lowest BCUT2D eigenvalue weighted by atomic mass is 10.2. The number of hydrogen-bond acceptors (Lipinski definition) is 4. The molecule has 3 N–H and O–H groups in total. The fourth-order valence-corrected chi connectivity index (χ4v) is 3.79. The van der Waals surface area contributed by atoms with Gasteiger partial charge in [-0.3, -0.25) is 0 Å². The molecule has 1 atom stereocenters.